The van der Waals surface area contributed by atoms with Gasteiger partial charge < -0.3 is 5.32 Å². The van der Waals surface area contributed by atoms with Crippen LogP contribution in [0.2, 0.25) is 0 Å². The van der Waals surface area contributed by atoms with Crippen LogP contribution in [0.25, 0.3) is 0 Å². The number of benzene rings is 2. The lowest BCUT2D eigenvalue weighted by atomic mass is 9.76. The molecule has 1 aliphatic heterocycles. The third-order valence-electron chi connectivity index (χ3n) is 5.17. The standard InChI is InChI=1S/C19H15F3N2O2/c20-19(21,22)15-9-4-8-13-11-6-3-7-12(11)17(23-18(13)15)14-5-1-2-10-16(14)24(25)26/h1-6,8-12,17,23H,7H2/t11-,12+,17+/m0/s1. The van der Waals surface area contributed by atoms with Gasteiger partial charge in [0.1, 0.15) is 0 Å². The molecule has 0 amide bonds. The summed E-state index contributed by atoms with van der Waals surface area (Å²) in [5.74, 6) is -0.259. The van der Waals surface area contributed by atoms with Gasteiger partial charge in [-0.2, -0.15) is 13.2 Å². The summed E-state index contributed by atoms with van der Waals surface area (Å²) in [5.41, 5.74) is 0.212. The van der Waals surface area contributed by atoms with Crippen LogP contribution >= 0.6 is 0 Å². The number of fused-ring (bicyclic) bond motifs is 3. The summed E-state index contributed by atoms with van der Waals surface area (Å²) in [5, 5.41) is 14.4. The largest absolute Gasteiger partial charge is 0.418 e. The summed E-state index contributed by atoms with van der Waals surface area (Å²) in [6, 6.07) is 9.83. The molecule has 0 unspecified atom stereocenters. The fourth-order valence-electron chi connectivity index (χ4n) is 4.08. The van der Waals surface area contributed by atoms with E-state index < -0.39 is 22.7 Å². The molecule has 3 atom stereocenters. The number of halogens is 3. The molecule has 0 saturated heterocycles. The minimum absolute atomic E-state index is 0.0240. The first-order valence-electron chi connectivity index (χ1n) is 8.24. The van der Waals surface area contributed by atoms with Crippen LogP contribution in [-0.2, 0) is 6.18 Å². The van der Waals surface area contributed by atoms with E-state index in [4.69, 9.17) is 0 Å². The number of nitro groups is 1. The lowest BCUT2D eigenvalue weighted by Crippen LogP contribution is -2.31. The van der Waals surface area contributed by atoms with Crippen molar-refractivity contribution in [2.75, 3.05) is 5.32 Å². The monoisotopic (exact) mass is 360 g/mol. The molecule has 0 fully saturated rings. The number of para-hydroxylation sites is 2. The minimum Gasteiger partial charge on any atom is -0.377 e. The second kappa shape index (κ2) is 5.86. The molecule has 0 bridgehead atoms. The molecule has 134 valence electrons. The molecule has 7 heteroatoms. The van der Waals surface area contributed by atoms with E-state index >= 15 is 0 Å². The Morgan fingerprint density at radius 1 is 1.08 bits per heavy atom. The number of anilines is 1. The summed E-state index contributed by atoms with van der Waals surface area (Å²) in [4.78, 5) is 10.9. The van der Waals surface area contributed by atoms with Gasteiger partial charge in [-0.05, 0) is 24.0 Å². The van der Waals surface area contributed by atoms with Crippen molar-refractivity contribution in [3.05, 3.63) is 81.4 Å². The highest BCUT2D eigenvalue weighted by Gasteiger charge is 2.44. The predicted octanol–water partition coefficient (Wildman–Crippen LogP) is 5.44. The number of hydrogen-bond donors (Lipinski definition) is 1. The summed E-state index contributed by atoms with van der Waals surface area (Å²) >= 11 is 0. The maximum absolute atomic E-state index is 13.5. The average molecular weight is 360 g/mol. The molecule has 2 aliphatic rings. The number of allylic oxidation sites excluding steroid dienone is 2. The highest BCUT2D eigenvalue weighted by Crippen LogP contribution is 2.53. The summed E-state index contributed by atoms with van der Waals surface area (Å²) < 4.78 is 40.5. The second-order valence-electron chi connectivity index (χ2n) is 6.56. The fourth-order valence-corrected chi connectivity index (χ4v) is 4.08. The van der Waals surface area contributed by atoms with E-state index in [1.807, 2.05) is 12.2 Å². The minimum atomic E-state index is -4.50. The Kier molecular flexibility index (Phi) is 3.75. The molecule has 0 saturated carbocycles. The highest BCUT2D eigenvalue weighted by molar-refractivity contribution is 5.66. The van der Waals surface area contributed by atoms with Crippen molar-refractivity contribution in [2.24, 2.45) is 5.92 Å². The van der Waals surface area contributed by atoms with Crippen molar-refractivity contribution in [1.82, 2.24) is 0 Å². The highest BCUT2D eigenvalue weighted by atomic mass is 19.4. The molecule has 1 heterocycles. The van der Waals surface area contributed by atoms with Crippen molar-refractivity contribution in [3.63, 3.8) is 0 Å². The van der Waals surface area contributed by atoms with E-state index in [1.54, 1.807) is 24.3 Å². The van der Waals surface area contributed by atoms with Gasteiger partial charge in [0, 0.05) is 12.0 Å². The normalized spacial score (nSPS) is 23.9. The summed E-state index contributed by atoms with van der Waals surface area (Å²) in [7, 11) is 0. The van der Waals surface area contributed by atoms with Crippen molar-refractivity contribution in [3.8, 4) is 0 Å². The zero-order chi connectivity index (χ0) is 18.5. The van der Waals surface area contributed by atoms with Gasteiger partial charge in [-0.25, -0.2) is 0 Å². The van der Waals surface area contributed by atoms with Gasteiger partial charge in [-0.3, -0.25) is 10.1 Å². The first-order valence-corrected chi connectivity index (χ1v) is 8.24. The number of nitro benzene ring substituents is 1. The molecule has 2 aromatic rings. The first kappa shape index (κ1) is 16.6. The smallest absolute Gasteiger partial charge is 0.377 e. The van der Waals surface area contributed by atoms with Gasteiger partial charge in [-0.15, -0.1) is 0 Å². The third kappa shape index (κ3) is 2.55. The maximum Gasteiger partial charge on any atom is 0.418 e. The molecule has 2 aromatic carbocycles. The number of rotatable bonds is 2. The van der Waals surface area contributed by atoms with Crippen molar-refractivity contribution in [2.45, 2.75) is 24.6 Å². The molecule has 4 nitrogen and oxygen atoms in total. The van der Waals surface area contributed by atoms with Gasteiger partial charge in [0.25, 0.3) is 5.69 Å². The first-order chi connectivity index (χ1) is 12.4. The zero-order valence-corrected chi connectivity index (χ0v) is 13.5. The lowest BCUT2D eigenvalue weighted by Gasteiger charge is -2.38. The Hall–Kier alpha value is -2.83. The van der Waals surface area contributed by atoms with Crippen LogP contribution in [0, 0.1) is 16.0 Å². The molecule has 26 heavy (non-hydrogen) atoms. The van der Waals surface area contributed by atoms with E-state index in [0.29, 0.717) is 17.5 Å². The summed E-state index contributed by atoms with van der Waals surface area (Å²) in [6.45, 7) is 0. The van der Waals surface area contributed by atoms with Gasteiger partial charge in [0.2, 0.25) is 0 Å². The topological polar surface area (TPSA) is 55.2 Å². The van der Waals surface area contributed by atoms with Crippen LogP contribution in [0.1, 0.15) is 35.1 Å². The van der Waals surface area contributed by atoms with Crippen LogP contribution in [0.15, 0.2) is 54.6 Å². The van der Waals surface area contributed by atoms with E-state index in [9.17, 15) is 23.3 Å². The van der Waals surface area contributed by atoms with E-state index in [1.165, 1.54) is 12.1 Å². The Morgan fingerprint density at radius 3 is 2.54 bits per heavy atom. The lowest BCUT2D eigenvalue weighted by molar-refractivity contribution is -0.385. The summed E-state index contributed by atoms with van der Waals surface area (Å²) in [6.07, 6.45) is 0.00511. The predicted molar refractivity (Wildman–Crippen MR) is 90.9 cm³/mol. The van der Waals surface area contributed by atoms with E-state index in [-0.39, 0.29) is 23.2 Å². The van der Waals surface area contributed by atoms with Crippen LogP contribution in [0.3, 0.4) is 0 Å². The maximum atomic E-state index is 13.5. The Morgan fingerprint density at radius 2 is 1.81 bits per heavy atom. The zero-order valence-electron chi connectivity index (χ0n) is 13.5. The fraction of sp³-hybridized carbons (Fsp3) is 0.263. The van der Waals surface area contributed by atoms with Crippen molar-refractivity contribution in [1.29, 1.82) is 0 Å². The van der Waals surface area contributed by atoms with Gasteiger partial charge in [0.05, 0.1) is 27.8 Å². The van der Waals surface area contributed by atoms with E-state index in [2.05, 4.69) is 5.32 Å². The van der Waals surface area contributed by atoms with Crippen LogP contribution in [0.5, 0.6) is 0 Å². The van der Waals surface area contributed by atoms with E-state index in [0.717, 1.165) is 6.07 Å². The molecule has 0 radical (unpaired) electrons. The Balaban J connectivity index is 1.88. The van der Waals surface area contributed by atoms with Gasteiger partial charge in [0.15, 0.2) is 0 Å². The number of hydrogen-bond acceptors (Lipinski definition) is 3. The Labute approximate surface area is 147 Å². The van der Waals surface area contributed by atoms with Crippen LogP contribution < -0.4 is 5.32 Å². The molecular formula is C19H15F3N2O2. The van der Waals surface area contributed by atoms with Crippen molar-refractivity contribution < 1.29 is 18.1 Å². The van der Waals surface area contributed by atoms with Crippen molar-refractivity contribution >= 4 is 11.4 Å². The van der Waals surface area contributed by atoms with Gasteiger partial charge in [-0.1, -0.05) is 42.5 Å². The molecule has 1 aliphatic carbocycles. The quantitative estimate of drug-likeness (QED) is 0.441. The number of alkyl halides is 3. The average Bonchev–Trinajstić information content (AvgIpc) is 3.09. The van der Waals surface area contributed by atoms with Crippen LogP contribution in [0.4, 0.5) is 24.5 Å². The molecule has 0 aromatic heterocycles. The molecule has 1 N–H and O–H groups in total. The number of nitrogens with one attached hydrogen (secondary N) is 1. The third-order valence-corrected chi connectivity index (χ3v) is 5.17. The number of nitrogens with zero attached hydrogens (tertiary/aromatic N) is 1. The van der Waals surface area contributed by atoms with Crippen LogP contribution in [-0.4, -0.2) is 4.92 Å². The second-order valence-corrected chi connectivity index (χ2v) is 6.56. The van der Waals surface area contributed by atoms with Gasteiger partial charge >= 0.3 is 6.18 Å². The SMILES string of the molecule is O=[N+]([O-])c1ccccc1[C@@H]1Nc2c(cccc2C(F)(F)F)[C@H]2C=CC[C@H]21. The molecular weight excluding hydrogens is 345 g/mol. The molecule has 0 spiro atoms. The Bertz CT molecular complexity index is 908. The molecule has 4 rings (SSSR count).